The minimum absolute atomic E-state index is 0.283. The summed E-state index contributed by atoms with van der Waals surface area (Å²) >= 11 is 0. The van der Waals surface area contributed by atoms with Gasteiger partial charge in [-0.05, 0) is 49.1 Å². The van der Waals surface area contributed by atoms with E-state index in [0.29, 0.717) is 17.2 Å². The predicted octanol–water partition coefficient (Wildman–Crippen LogP) is 4.38. The highest BCUT2D eigenvalue weighted by molar-refractivity contribution is 5.53. The van der Waals surface area contributed by atoms with Crippen LogP contribution in [-0.4, -0.2) is 9.38 Å². The molecule has 114 valence electrons. The first-order valence-corrected chi connectivity index (χ1v) is 7.79. The maximum Gasteiger partial charge on any atom is 0.140 e. The lowest BCUT2D eigenvalue weighted by Crippen LogP contribution is -2.25. The van der Waals surface area contributed by atoms with E-state index in [0.717, 1.165) is 30.1 Å². The summed E-state index contributed by atoms with van der Waals surface area (Å²) in [6.07, 6.45) is 6.10. The van der Waals surface area contributed by atoms with E-state index in [1.165, 1.54) is 25.1 Å². The first-order valence-electron chi connectivity index (χ1n) is 7.79. The van der Waals surface area contributed by atoms with Crippen molar-refractivity contribution in [3.8, 4) is 0 Å². The van der Waals surface area contributed by atoms with Crippen LogP contribution in [0.4, 0.5) is 10.2 Å². The first-order chi connectivity index (χ1) is 9.86. The number of pyridine rings is 1. The molecule has 0 atom stereocenters. The van der Waals surface area contributed by atoms with Gasteiger partial charge in [0, 0.05) is 12.1 Å². The Morgan fingerprint density at radius 3 is 2.48 bits per heavy atom. The maximum absolute atomic E-state index is 13.3. The Morgan fingerprint density at radius 1 is 1.19 bits per heavy atom. The van der Waals surface area contributed by atoms with Gasteiger partial charge < -0.3 is 5.73 Å². The average molecular weight is 289 g/mol. The predicted molar refractivity (Wildman–Crippen MR) is 83.7 cm³/mol. The molecule has 0 radical (unpaired) electrons. The van der Waals surface area contributed by atoms with Gasteiger partial charge in [-0.2, -0.15) is 0 Å². The zero-order chi connectivity index (χ0) is 15.2. The van der Waals surface area contributed by atoms with E-state index in [9.17, 15) is 4.39 Å². The summed E-state index contributed by atoms with van der Waals surface area (Å²) in [6, 6.07) is 3.12. The van der Waals surface area contributed by atoms with Crippen LogP contribution < -0.4 is 5.73 Å². The van der Waals surface area contributed by atoms with E-state index < -0.39 is 0 Å². The van der Waals surface area contributed by atoms with Crippen molar-refractivity contribution in [2.24, 2.45) is 11.3 Å². The van der Waals surface area contributed by atoms with Gasteiger partial charge in [-0.3, -0.25) is 4.40 Å². The summed E-state index contributed by atoms with van der Waals surface area (Å²) in [5.74, 6) is 1.49. The largest absolute Gasteiger partial charge is 0.383 e. The van der Waals surface area contributed by atoms with Crippen molar-refractivity contribution in [3.63, 3.8) is 0 Å². The number of rotatable bonds is 1. The molecule has 0 bridgehead atoms. The standard InChI is InChI=1S/C17H24FN3/c1-17(2,3)12-6-4-11(5-7-12)15-16(19)21-10-13(18)8-9-14(21)20-15/h8-12H,4-7,19H2,1-3H3. The Labute approximate surface area is 125 Å². The second-order valence-electron chi connectivity index (χ2n) is 7.37. The number of nitrogen functional groups attached to an aromatic ring is 1. The van der Waals surface area contributed by atoms with Gasteiger partial charge in [-0.25, -0.2) is 9.37 Å². The molecule has 4 heteroatoms. The quantitative estimate of drug-likeness (QED) is 0.846. The number of aromatic nitrogens is 2. The van der Waals surface area contributed by atoms with E-state index in [2.05, 4.69) is 25.8 Å². The van der Waals surface area contributed by atoms with Crippen LogP contribution in [0.3, 0.4) is 0 Å². The molecule has 3 nitrogen and oxygen atoms in total. The molecular weight excluding hydrogens is 265 g/mol. The Kier molecular flexibility index (Phi) is 3.42. The summed E-state index contributed by atoms with van der Waals surface area (Å²) < 4.78 is 15.0. The lowest BCUT2D eigenvalue weighted by Gasteiger charge is -2.36. The van der Waals surface area contributed by atoms with Crippen molar-refractivity contribution in [1.82, 2.24) is 9.38 Å². The minimum Gasteiger partial charge on any atom is -0.383 e. The van der Waals surface area contributed by atoms with Gasteiger partial charge in [-0.1, -0.05) is 20.8 Å². The topological polar surface area (TPSA) is 43.3 Å². The molecule has 1 aliphatic carbocycles. The fraction of sp³-hybridized carbons (Fsp3) is 0.588. The number of nitrogens with two attached hydrogens (primary N) is 1. The Hall–Kier alpha value is -1.58. The van der Waals surface area contributed by atoms with Crippen molar-refractivity contribution in [3.05, 3.63) is 29.8 Å². The second-order valence-corrected chi connectivity index (χ2v) is 7.37. The smallest absolute Gasteiger partial charge is 0.140 e. The molecule has 0 aromatic carbocycles. The molecule has 3 rings (SSSR count). The molecule has 0 aliphatic heterocycles. The number of hydrogen-bond acceptors (Lipinski definition) is 2. The third kappa shape index (κ3) is 2.63. The Bertz CT molecular complexity index is 646. The highest BCUT2D eigenvalue weighted by Crippen LogP contribution is 2.44. The Morgan fingerprint density at radius 2 is 1.86 bits per heavy atom. The molecule has 2 aromatic rings. The molecule has 1 aliphatic rings. The van der Waals surface area contributed by atoms with Gasteiger partial charge in [0.25, 0.3) is 0 Å². The van der Waals surface area contributed by atoms with Crippen LogP contribution in [0.1, 0.15) is 58.1 Å². The highest BCUT2D eigenvalue weighted by Gasteiger charge is 2.32. The summed E-state index contributed by atoms with van der Waals surface area (Å²) in [7, 11) is 0. The van der Waals surface area contributed by atoms with E-state index in [4.69, 9.17) is 5.73 Å². The summed E-state index contributed by atoms with van der Waals surface area (Å²) in [6.45, 7) is 6.96. The molecule has 0 amide bonds. The van der Waals surface area contributed by atoms with Gasteiger partial charge in [0.05, 0.1) is 5.69 Å². The van der Waals surface area contributed by atoms with Crippen LogP contribution in [0.25, 0.3) is 5.65 Å². The third-order valence-electron chi connectivity index (χ3n) is 4.99. The van der Waals surface area contributed by atoms with Crippen molar-refractivity contribution < 1.29 is 4.39 Å². The van der Waals surface area contributed by atoms with E-state index in [1.807, 2.05) is 0 Å². The monoisotopic (exact) mass is 289 g/mol. The number of imidazole rings is 1. The third-order valence-corrected chi connectivity index (χ3v) is 4.99. The number of anilines is 1. The number of nitrogens with zero attached hydrogens (tertiary/aromatic N) is 2. The van der Waals surface area contributed by atoms with Gasteiger partial charge >= 0.3 is 0 Å². The minimum atomic E-state index is -0.283. The lowest BCUT2D eigenvalue weighted by molar-refractivity contribution is 0.168. The van der Waals surface area contributed by atoms with E-state index in [-0.39, 0.29) is 5.82 Å². The molecule has 0 unspecified atom stereocenters. The highest BCUT2D eigenvalue weighted by atomic mass is 19.1. The average Bonchev–Trinajstić information content (AvgIpc) is 2.75. The zero-order valence-corrected chi connectivity index (χ0v) is 13.1. The fourth-order valence-electron chi connectivity index (χ4n) is 3.59. The van der Waals surface area contributed by atoms with Crippen molar-refractivity contribution >= 4 is 11.5 Å². The molecule has 1 saturated carbocycles. The molecule has 0 spiro atoms. The van der Waals surface area contributed by atoms with Gasteiger partial charge in [0.1, 0.15) is 17.3 Å². The van der Waals surface area contributed by atoms with Crippen LogP contribution in [0.2, 0.25) is 0 Å². The molecule has 2 heterocycles. The van der Waals surface area contributed by atoms with Crippen molar-refractivity contribution in [2.75, 3.05) is 5.73 Å². The molecular formula is C17H24FN3. The zero-order valence-electron chi connectivity index (χ0n) is 13.1. The fourth-order valence-corrected chi connectivity index (χ4v) is 3.59. The van der Waals surface area contributed by atoms with E-state index in [1.54, 1.807) is 10.5 Å². The molecule has 2 aromatic heterocycles. The summed E-state index contributed by atoms with van der Waals surface area (Å²) in [5.41, 5.74) is 8.26. The molecule has 2 N–H and O–H groups in total. The summed E-state index contributed by atoms with van der Waals surface area (Å²) in [4.78, 5) is 4.64. The van der Waals surface area contributed by atoms with Crippen LogP contribution in [0, 0.1) is 17.2 Å². The number of fused-ring (bicyclic) bond motifs is 1. The number of hydrogen-bond donors (Lipinski definition) is 1. The second kappa shape index (κ2) is 5.00. The molecule has 0 saturated heterocycles. The van der Waals surface area contributed by atoms with Crippen LogP contribution in [0.15, 0.2) is 18.3 Å². The van der Waals surface area contributed by atoms with Crippen molar-refractivity contribution in [2.45, 2.75) is 52.4 Å². The van der Waals surface area contributed by atoms with Gasteiger partial charge in [0.2, 0.25) is 0 Å². The van der Waals surface area contributed by atoms with E-state index >= 15 is 0 Å². The van der Waals surface area contributed by atoms with Crippen LogP contribution in [0.5, 0.6) is 0 Å². The Balaban J connectivity index is 1.84. The van der Waals surface area contributed by atoms with Crippen LogP contribution in [-0.2, 0) is 0 Å². The summed E-state index contributed by atoms with van der Waals surface area (Å²) in [5, 5.41) is 0. The lowest BCUT2D eigenvalue weighted by atomic mass is 9.69. The molecule has 1 fully saturated rings. The maximum atomic E-state index is 13.3. The van der Waals surface area contributed by atoms with Crippen molar-refractivity contribution in [1.29, 1.82) is 0 Å². The van der Waals surface area contributed by atoms with Gasteiger partial charge in [-0.15, -0.1) is 0 Å². The SMILES string of the molecule is CC(C)(C)C1CCC(c2nc3ccc(F)cn3c2N)CC1. The number of halogens is 1. The van der Waals surface area contributed by atoms with Gasteiger partial charge in [0.15, 0.2) is 0 Å². The first kappa shape index (κ1) is 14.4. The normalized spacial score (nSPS) is 23.6. The molecule has 21 heavy (non-hydrogen) atoms. The van der Waals surface area contributed by atoms with Crippen LogP contribution >= 0.6 is 0 Å².